The van der Waals surface area contributed by atoms with Crippen molar-refractivity contribution in [1.82, 2.24) is 20.1 Å². The summed E-state index contributed by atoms with van der Waals surface area (Å²) in [5, 5.41) is 7.18. The van der Waals surface area contributed by atoms with E-state index in [1.54, 1.807) is 30.7 Å². The van der Waals surface area contributed by atoms with Gasteiger partial charge in [0.2, 0.25) is 0 Å². The minimum absolute atomic E-state index is 0.0692. The Morgan fingerprint density at radius 2 is 1.91 bits per heavy atom. The van der Waals surface area contributed by atoms with Gasteiger partial charge in [0.15, 0.2) is 0 Å². The second kappa shape index (κ2) is 6.67. The molecule has 0 bridgehead atoms. The zero-order chi connectivity index (χ0) is 15.2. The molecule has 1 aromatic carbocycles. The number of amides is 1. The van der Waals surface area contributed by atoms with Crippen LogP contribution in [0.1, 0.15) is 10.4 Å². The van der Waals surface area contributed by atoms with Crippen LogP contribution in [0.5, 0.6) is 0 Å². The fourth-order valence-electron chi connectivity index (χ4n) is 2.14. The van der Waals surface area contributed by atoms with Crippen LogP contribution in [-0.2, 0) is 6.54 Å². The summed E-state index contributed by atoms with van der Waals surface area (Å²) in [4.78, 5) is 16.0. The van der Waals surface area contributed by atoms with Gasteiger partial charge in [-0.05, 0) is 18.2 Å². The van der Waals surface area contributed by atoms with Crippen LogP contribution in [0.3, 0.4) is 0 Å². The van der Waals surface area contributed by atoms with Crippen LogP contribution in [0.15, 0.2) is 67.3 Å². The normalized spacial score (nSPS) is 10.4. The maximum atomic E-state index is 11.9. The van der Waals surface area contributed by atoms with Crippen LogP contribution in [0.25, 0.3) is 11.1 Å². The number of carbonyl (C=O) groups is 1. The molecule has 0 spiro atoms. The topological polar surface area (TPSA) is 59.8 Å². The number of carbonyl (C=O) groups excluding carboxylic acids is 1. The van der Waals surface area contributed by atoms with Gasteiger partial charge in [0.1, 0.15) is 0 Å². The van der Waals surface area contributed by atoms with E-state index in [0.717, 1.165) is 11.1 Å². The molecule has 0 aliphatic carbocycles. The average Bonchev–Trinajstić information content (AvgIpc) is 3.05. The SMILES string of the molecule is O=C(NCCn1cc(-c2cccnc2)cn1)c1ccccc1. The third-order valence-corrected chi connectivity index (χ3v) is 3.29. The Hall–Kier alpha value is -2.95. The fourth-order valence-corrected chi connectivity index (χ4v) is 2.14. The Kier molecular flexibility index (Phi) is 4.25. The quantitative estimate of drug-likeness (QED) is 0.785. The molecular formula is C17H16N4O. The summed E-state index contributed by atoms with van der Waals surface area (Å²) in [6.07, 6.45) is 7.30. The van der Waals surface area contributed by atoms with E-state index in [4.69, 9.17) is 0 Å². The number of nitrogens with one attached hydrogen (secondary N) is 1. The summed E-state index contributed by atoms with van der Waals surface area (Å²) in [5.74, 6) is -0.0692. The zero-order valence-electron chi connectivity index (χ0n) is 12.0. The maximum absolute atomic E-state index is 11.9. The molecule has 0 aliphatic heterocycles. The van der Waals surface area contributed by atoms with Crippen molar-refractivity contribution in [2.45, 2.75) is 6.54 Å². The van der Waals surface area contributed by atoms with Crippen LogP contribution in [-0.4, -0.2) is 27.2 Å². The third-order valence-electron chi connectivity index (χ3n) is 3.29. The van der Waals surface area contributed by atoms with Gasteiger partial charge in [-0.2, -0.15) is 5.10 Å². The largest absolute Gasteiger partial charge is 0.350 e. The monoisotopic (exact) mass is 292 g/mol. The Bertz CT molecular complexity index is 738. The minimum atomic E-state index is -0.0692. The Morgan fingerprint density at radius 3 is 2.68 bits per heavy atom. The molecular weight excluding hydrogens is 276 g/mol. The Balaban J connectivity index is 1.55. The maximum Gasteiger partial charge on any atom is 0.251 e. The van der Waals surface area contributed by atoms with Gasteiger partial charge in [-0.1, -0.05) is 24.3 Å². The van der Waals surface area contributed by atoms with E-state index in [0.29, 0.717) is 18.7 Å². The molecule has 1 amide bonds. The van der Waals surface area contributed by atoms with Crippen molar-refractivity contribution < 1.29 is 4.79 Å². The van der Waals surface area contributed by atoms with Crippen molar-refractivity contribution in [3.05, 3.63) is 72.8 Å². The lowest BCUT2D eigenvalue weighted by molar-refractivity contribution is 0.0952. The fraction of sp³-hybridized carbons (Fsp3) is 0.118. The molecule has 0 aliphatic rings. The predicted octanol–water partition coefficient (Wildman–Crippen LogP) is 2.38. The smallest absolute Gasteiger partial charge is 0.251 e. The molecule has 5 nitrogen and oxygen atoms in total. The van der Waals surface area contributed by atoms with Crippen LogP contribution in [0.2, 0.25) is 0 Å². The highest BCUT2D eigenvalue weighted by Crippen LogP contribution is 2.16. The van der Waals surface area contributed by atoms with Crippen molar-refractivity contribution in [2.24, 2.45) is 0 Å². The first-order valence-corrected chi connectivity index (χ1v) is 7.09. The van der Waals surface area contributed by atoms with E-state index in [-0.39, 0.29) is 5.91 Å². The van der Waals surface area contributed by atoms with Crippen molar-refractivity contribution in [3.63, 3.8) is 0 Å². The second-order valence-electron chi connectivity index (χ2n) is 4.86. The summed E-state index contributed by atoms with van der Waals surface area (Å²) in [5.41, 5.74) is 2.71. The van der Waals surface area contributed by atoms with Crippen LogP contribution < -0.4 is 5.32 Å². The van der Waals surface area contributed by atoms with E-state index in [1.807, 2.05) is 41.2 Å². The molecule has 2 heterocycles. The molecule has 0 unspecified atom stereocenters. The zero-order valence-corrected chi connectivity index (χ0v) is 12.0. The average molecular weight is 292 g/mol. The number of pyridine rings is 1. The lowest BCUT2D eigenvalue weighted by atomic mass is 10.2. The van der Waals surface area contributed by atoms with Gasteiger partial charge >= 0.3 is 0 Å². The van der Waals surface area contributed by atoms with Crippen molar-refractivity contribution in [3.8, 4) is 11.1 Å². The summed E-state index contributed by atoms with van der Waals surface area (Å²) in [6.45, 7) is 1.15. The number of hydrogen-bond donors (Lipinski definition) is 1. The van der Waals surface area contributed by atoms with Crippen LogP contribution in [0, 0.1) is 0 Å². The summed E-state index contributed by atoms with van der Waals surface area (Å²) in [7, 11) is 0. The van der Waals surface area contributed by atoms with Gasteiger partial charge in [0.25, 0.3) is 5.91 Å². The second-order valence-corrected chi connectivity index (χ2v) is 4.86. The molecule has 110 valence electrons. The number of hydrogen-bond acceptors (Lipinski definition) is 3. The van der Waals surface area contributed by atoms with E-state index in [1.165, 1.54) is 0 Å². The van der Waals surface area contributed by atoms with Gasteiger partial charge in [-0.25, -0.2) is 0 Å². The van der Waals surface area contributed by atoms with Gasteiger partial charge in [0, 0.05) is 41.8 Å². The van der Waals surface area contributed by atoms with Gasteiger partial charge in [0.05, 0.1) is 12.7 Å². The molecule has 0 saturated heterocycles. The molecule has 0 atom stereocenters. The molecule has 0 fully saturated rings. The number of rotatable bonds is 5. The summed E-state index contributed by atoms with van der Waals surface area (Å²) >= 11 is 0. The number of aromatic nitrogens is 3. The van der Waals surface area contributed by atoms with Crippen LogP contribution in [0.4, 0.5) is 0 Å². The van der Waals surface area contributed by atoms with E-state index < -0.39 is 0 Å². The van der Waals surface area contributed by atoms with Gasteiger partial charge < -0.3 is 5.32 Å². The standard InChI is InChI=1S/C17H16N4O/c22-17(14-5-2-1-3-6-14)19-9-10-21-13-16(12-20-21)15-7-4-8-18-11-15/h1-8,11-13H,9-10H2,(H,19,22). The molecule has 2 aromatic heterocycles. The number of benzene rings is 1. The lowest BCUT2D eigenvalue weighted by Crippen LogP contribution is -2.27. The predicted molar refractivity (Wildman–Crippen MR) is 84.2 cm³/mol. The van der Waals surface area contributed by atoms with Gasteiger partial charge in [-0.15, -0.1) is 0 Å². The van der Waals surface area contributed by atoms with E-state index in [9.17, 15) is 4.79 Å². The highest BCUT2D eigenvalue weighted by Gasteiger charge is 2.04. The molecule has 22 heavy (non-hydrogen) atoms. The van der Waals surface area contributed by atoms with Crippen LogP contribution >= 0.6 is 0 Å². The Labute approximate surface area is 128 Å². The van der Waals surface area contributed by atoms with Crippen molar-refractivity contribution in [1.29, 1.82) is 0 Å². The van der Waals surface area contributed by atoms with Crippen molar-refractivity contribution in [2.75, 3.05) is 6.54 Å². The van der Waals surface area contributed by atoms with Crippen molar-refractivity contribution >= 4 is 5.91 Å². The molecule has 1 N–H and O–H groups in total. The molecule has 3 aromatic rings. The minimum Gasteiger partial charge on any atom is -0.350 e. The van der Waals surface area contributed by atoms with E-state index >= 15 is 0 Å². The molecule has 5 heteroatoms. The summed E-state index contributed by atoms with van der Waals surface area (Å²) < 4.78 is 1.81. The van der Waals surface area contributed by atoms with Gasteiger partial charge in [-0.3, -0.25) is 14.5 Å². The van der Waals surface area contributed by atoms with E-state index in [2.05, 4.69) is 15.4 Å². The third kappa shape index (κ3) is 3.38. The lowest BCUT2D eigenvalue weighted by Gasteiger charge is -2.05. The molecule has 3 rings (SSSR count). The highest BCUT2D eigenvalue weighted by molar-refractivity contribution is 5.94. The number of nitrogens with zero attached hydrogens (tertiary/aromatic N) is 3. The Morgan fingerprint density at radius 1 is 1.05 bits per heavy atom. The molecule has 0 radical (unpaired) electrons. The first-order chi connectivity index (χ1) is 10.8. The molecule has 0 saturated carbocycles. The first kappa shape index (κ1) is 14.0. The highest BCUT2D eigenvalue weighted by atomic mass is 16.1. The first-order valence-electron chi connectivity index (χ1n) is 7.09. The summed E-state index contributed by atoms with van der Waals surface area (Å²) in [6, 6.07) is 13.1.